The van der Waals surface area contributed by atoms with Crippen LogP contribution in [0.3, 0.4) is 0 Å². The molecule has 2 aliphatic carbocycles. The van der Waals surface area contributed by atoms with E-state index in [1.165, 1.54) is 18.4 Å². The normalized spacial score (nSPS) is 33.3. The zero-order valence-electron chi connectivity index (χ0n) is 17.0. The van der Waals surface area contributed by atoms with Gasteiger partial charge in [0.2, 0.25) is 0 Å². The second-order valence-corrected chi connectivity index (χ2v) is 9.20. The van der Waals surface area contributed by atoms with Crippen LogP contribution < -0.4 is 0 Å². The number of hydrogen-bond donors (Lipinski definition) is 1. The van der Waals surface area contributed by atoms with Gasteiger partial charge in [0.25, 0.3) is 5.91 Å². The first kappa shape index (κ1) is 19.4. The molecule has 3 rings (SSSR count). The lowest BCUT2D eigenvalue weighted by molar-refractivity contribution is -0.123. The van der Waals surface area contributed by atoms with Crippen LogP contribution in [-0.4, -0.2) is 29.1 Å². The molecule has 5 atom stereocenters. The lowest BCUT2D eigenvalue weighted by Gasteiger charge is -2.43. The van der Waals surface area contributed by atoms with Crippen molar-refractivity contribution in [3.8, 4) is 0 Å². The smallest absolute Gasteiger partial charge is 0.251 e. The highest BCUT2D eigenvalue weighted by molar-refractivity contribution is 5.95. The van der Waals surface area contributed by atoms with Crippen molar-refractivity contribution in [2.75, 3.05) is 13.2 Å². The Bertz CT molecular complexity index is 645. The monoisotopic (exact) mass is 357 g/mol. The quantitative estimate of drug-likeness (QED) is 0.708. The molecule has 3 nitrogen and oxygen atoms in total. The van der Waals surface area contributed by atoms with Gasteiger partial charge in [-0.05, 0) is 59.8 Å². The summed E-state index contributed by atoms with van der Waals surface area (Å²) in [7, 11) is 0. The molecule has 1 aliphatic heterocycles. The van der Waals surface area contributed by atoms with Gasteiger partial charge in [0, 0.05) is 18.3 Å². The molecule has 0 aromatic carbocycles. The predicted molar refractivity (Wildman–Crippen MR) is 106 cm³/mol. The molecule has 3 aliphatic rings. The first-order chi connectivity index (χ1) is 12.3. The molecule has 3 heteroatoms. The van der Waals surface area contributed by atoms with E-state index in [2.05, 4.69) is 52.8 Å². The molecule has 0 bridgehead atoms. The number of aliphatic hydroxyl groups excluding tert-OH is 1. The van der Waals surface area contributed by atoms with E-state index in [1.54, 1.807) is 4.90 Å². The van der Waals surface area contributed by atoms with E-state index in [4.69, 9.17) is 0 Å². The van der Waals surface area contributed by atoms with Gasteiger partial charge in [-0.15, -0.1) is 0 Å². The third-order valence-corrected chi connectivity index (χ3v) is 7.38. The summed E-state index contributed by atoms with van der Waals surface area (Å²) in [4.78, 5) is 14.1. The zero-order chi connectivity index (χ0) is 19.1. The topological polar surface area (TPSA) is 40.5 Å². The second kappa shape index (κ2) is 7.34. The van der Waals surface area contributed by atoms with E-state index < -0.39 is 0 Å². The number of fused-ring (bicyclic) bond motifs is 3. The number of hydrogen-bond acceptors (Lipinski definition) is 2. The number of aliphatic hydroxyl groups is 1. The van der Waals surface area contributed by atoms with Crippen molar-refractivity contribution in [3.63, 3.8) is 0 Å². The Morgan fingerprint density at radius 3 is 2.65 bits per heavy atom. The fourth-order valence-corrected chi connectivity index (χ4v) is 5.35. The molecule has 1 fully saturated rings. The molecule has 1 amide bonds. The highest BCUT2D eigenvalue weighted by Crippen LogP contribution is 2.60. The van der Waals surface area contributed by atoms with Gasteiger partial charge in [0.15, 0.2) is 0 Å². The summed E-state index contributed by atoms with van der Waals surface area (Å²) in [6.45, 7) is 12.1. The highest BCUT2D eigenvalue weighted by Gasteiger charge is 2.52. The summed E-state index contributed by atoms with van der Waals surface area (Å²) in [6, 6.07) is 0. The van der Waals surface area contributed by atoms with Crippen LogP contribution in [0.5, 0.6) is 0 Å². The first-order valence-electron chi connectivity index (χ1n) is 10.3. The van der Waals surface area contributed by atoms with E-state index in [9.17, 15) is 9.90 Å². The Labute approximate surface area is 158 Å². The molecule has 26 heavy (non-hydrogen) atoms. The zero-order valence-corrected chi connectivity index (χ0v) is 17.0. The minimum atomic E-state index is 0.0185. The minimum absolute atomic E-state index is 0.0185. The van der Waals surface area contributed by atoms with Crippen molar-refractivity contribution in [2.24, 2.45) is 35.0 Å². The Morgan fingerprint density at radius 2 is 2.00 bits per heavy atom. The maximum atomic E-state index is 12.4. The van der Waals surface area contributed by atoms with Crippen molar-refractivity contribution >= 4 is 5.91 Å². The largest absolute Gasteiger partial charge is 0.395 e. The molecular formula is C23H35NO2. The van der Waals surface area contributed by atoms with Gasteiger partial charge in [0.05, 0.1) is 6.61 Å². The average molecular weight is 358 g/mol. The molecule has 144 valence electrons. The Balaban J connectivity index is 1.81. The number of carbonyl (C=O) groups is 1. The molecule has 0 spiro atoms. The fourth-order valence-electron chi connectivity index (χ4n) is 5.35. The van der Waals surface area contributed by atoms with Gasteiger partial charge < -0.3 is 10.0 Å². The van der Waals surface area contributed by atoms with E-state index in [0.29, 0.717) is 36.1 Å². The number of carbonyl (C=O) groups excluding carboxylic acids is 1. The predicted octanol–water partition coefficient (Wildman–Crippen LogP) is 4.55. The number of amides is 1. The van der Waals surface area contributed by atoms with Crippen LogP contribution in [-0.2, 0) is 4.79 Å². The van der Waals surface area contributed by atoms with Gasteiger partial charge in [-0.2, -0.15) is 0 Å². The molecule has 1 N–H and O–H groups in total. The first-order valence-corrected chi connectivity index (χ1v) is 10.3. The van der Waals surface area contributed by atoms with Crippen molar-refractivity contribution in [1.29, 1.82) is 0 Å². The van der Waals surface area contributed by atoms with E-state index in [1.807, 2.05) is 6.08 Å². The molecule has 0 aromatic rings. The van der Waals surface area contributed by atoms with E-state index in [-0.39, 0.29) is 17.9 Å². The van der Waals surface area contributed by atoms with Crippen molar-refractivity contribution in [3.05, 3.63) is 35.6 Å². The molecule has 1 heterocycles. The van der Waals surface area contributed by atoms with Gasteiger partial charge in [-0.3, -0.25) is 4.79 Å². The fraction of sp³-hybridized carbons (Fsp3) is 0.696. The molecular weight excluding hydrogens is 322 g/mol. The van der Waals surface area contributed by atoms with Crippen molar-refractivity contribution < 1.29 is 9.90 Å². The summed E-state index contributed by atoms with van der Waals surface area (Å²) in [5.41, 5.74) is 2.53. The van der Waals surface area contributed by atoms with Gasteiger partial charge in [0.1, 0.15) is 0 Å². The van der Waals surface area contributed by atoms with Crippen LogP contribution in [0, 0.1) is 35.0 Å². The SMILES string of the molecule is CC(C)[C@@H](C)/C=C/[C@@H](C)[C@H]1CC[C@H]2C3=CC(=O)N(CCO)C3=CC[C@]12C. The summed E-state index contributed by atoms with van der Waals surface area (Å²) in [5.74, 6) is 3.03. The summed E-state index contributed by atoms with van der Waals surface area (Å²) in [6.07, 6.45) is 12.4. The number of nitrogens with zero attached hydrogens (tertiary/aromatic N) is 1. The van der Waals surface area contributed by atoms with Gasteiger partial charge in [-0.1, -0.05) is 52.8 Å². The Kier molecular flexibility index (Phi) is 5.48. The van der Waals surface area contributed by atoms with Crippen molar-refractivity contribution in [2.45, 2.75) is 53.9 Å². The van der Waals surface area contributed by atoms with Crippen LogP contribution in [0.4, 0.5) is 0 Å². The summed E-state index contributed by atoms with van der Waals surface area (Å²) >= 11 is 0. The molecule has 0 unspecified atom stereocenters. The highest BCUT2D eigenvalue weighted by atomic mass is 16.3. The third kappa shape index (κ3) is 3.19. The lowest BCUT2D eigenvalue weighted by Crippen LogP contribution is -2.37. The van der Waals surface area contributed by atoms with E-state index >= 15 is 0 Å². The Morgan fingerprint density at radius 1 is 1.27 bits per heavy atom. The van der Waals surface area contributed by atoms with E-state index in [0.717, 1.165) is 12.1 Å². The second-order valence-electron chi connectivity index (χ2n) is 9.20. The number of β-amino-alcohol motifs (C(OH)–C–C–N with tert-alkyl or cyclic N) is 1. The maximum Gasteiger partial charge on any atom is 0.251 e. The number of allylic oxidation sites excluding steroid dienone is 4. The lowest BCUT2D eigenvalue weighted by atomic mass is 9.62. The van der Waals surface area contributed by atoms with Crippen molar-refractivity contribution in [1.82, 2.24) is 4.90 Å². The van der Waals surface area contributed by atoms with Gasteiger partial charge in [-0.25, -0.2) is 0 Å². The summed E-state index contributed by atoms with van der Waals surface area (Å²) < 4.78 is 0. The molecule has 0 aromatic heterocycles. The average Bonchev–Trinajstić information content (AvgIpc) is 3.10. The third-order valence-electron chi connectivity index (χ3n) is 7.38. The summed E-state index contributed by atoms with van der Waals surface area (Å²) in [5, 5.41) is 9.28. The molecule has 1 saturated carbocycles. The van der Waals surface area contributed by atoms with Crippen LogP contribution in [0.1, 0.15) is 53.9 Å². The standard InChI is InChI=1S/C23H35NO2/c1-15(2)16(3)6-7-17(4)19-8-9-20-18-14-22(26)24(12-13-25)21(18)10-11-23(19,20)5/h6-7,10,14-17,19-20,25H,8-9,11-13H2,1-5H3/b7-6+/t16-,17+,19+,20-,23+/m0/s1. The van der Waals surface area contributed by atoms with Crippen LogP contribution in [0.2, 0.25) is 0 Å². The van der Waals surface area contributed by atoms with Crippen LogP contribution in [0.25, 0.3) is 0 Å². The molecule has 0 saturated heterocycles. The maximum absolute atomic E-state index is 12.4. The van der Waals surface area contributed by atoms with Crippen LogP contribution >= 0.6 is 0 Å². The molecule has 0 radical (unpaired) electrons. The Hall–Kier alpha value is -1.35. The van der Waals surface area contributed by atoms with Crippen LogP contribution in [0.15, 0.2) is 35.6 Å². The minimum Gasteiger partial charge on any atom is -0.395 e. The number of rotatable bonds is 6. The van der Waals surface area contributed by atoms with Gasteiger partial charge >= 0.3 is 0 Å².